The summed E-state index contributed by atoms with van der Waals surface area (Å²) in [6.45, 7) is 2.28. The van der Waals surface area contributed by atoms with Crippen molar-refractivity contribution in [2.75, 3.05) is 0 Å². The van der Waals surface area contributed by atoms with Crippen LogP contribution in [0.25, 0.3) is 17.1 Å². The molecule has 9 nitrogen and oxygen atoms in total. The van der Waals surface area contributed by atoms with Crippen LogP contribution in [0.1, 0.15) is 17.0 Å². The van der Waals surface area contributed by atoms with Crippen LogP contribution in [0.3, 0.4) is 0 Å². The molecule has 1 amide bonds. The van der Waals surface area contributed by atoms with Crippen LogP contribution in [0.15, 0.2) is 59.4 Å². The van der Waals surface area contributed by atoms with E-state index in [1.807, 2.05) is 55.5 Å². The lowest BCUT2D eigenvalue weighted by atomic mass is 10.1. The van der Waals surface area contributed by atoms with E-state index in [0.717, 1.165) is 22.4 Å². The topological polar surface area (TPSA) is 112 Å². The first-order chi connectivity index (χ1) is 13.7. The van der Waals surface area contributed by atoms with Gasteiger partial charge in [-0.2, -0.15) is 9.67 Å². The van der Waals surface area contributed by atoms with Gasteiger partial charge in [-0.25, -0.2) is 0 Å². The van der Waals surface area contributed by atoms with Gasteiger partial charge < -0.3 is 9.84 Å². The minimum atomic E-state index is -0.0476. The first kappa shape index (κ1) is 17.5. The Hall–Kier alpha value is -3.88. The minimum absolute atomic E-state index is 0.0476. The van der Waals surface area contributed by atoms with E-state index in [2.05, 4.69) is 31.0 Å². The second-order valence-corrected chi connectivity index (χ2v) is 6.21. The molecule has 0 radical (unpaired) electrons. The molecule has 0 aliphatic heterocycles. The average molecular weight is 375 g/mol. The number of amides is 1. The van der Waals surface area contributed by atoms with Gasteiger partial charge in [0.1, 0.15) is 0 Å². The van der Waals surface area contributed by atoms with Gasteiger partial charge in [-0.1, -0.05) is 41.6 Å². The molecular formula is C19H17N7O2. The minimum Gasteiger partial charge on any atom is -0.352 e. The number of hydrogen-bond acceptors (Lipinski definition) is 7. The number of nitrogens with one attached hydrogen (secondary N) is 1. The van der Waals surface area contributed by atoms with Crippen LogP contribution in [0, 0.1) is 6.92 Å². The van der Waals surface area contributed by atoms with Crippen LogP contribution in [-0.2, 0) is 17.8 Å². The molecule has 0 atom stereocenters. The summed E-state index contributed by atoms with van der Waals surface area (Å²) in [6, 6.07) is 15.2. The maximum Gasteiger partial charge on any atom is 0.224 e. The molecule has 0 aliphatic carbocycles. The molecule has 0 saturated heterocycles. The Labute approximate surface area is 160 Å². The fourth-order valence-corrected chi connectivity index (χ4v) is 2.74. The molecule has 28 heavy (non-hydrogen) atoms. The predicted octanol–water partition coefficient (Wildman–Crippen LogP) is 1.88. The molecule has 2 aromatic carbocycles. The Morgan fingerprint density at radius 1 is 1.07 bits per heavy atom. The summed E-state index contributed by atoms with van der Waals surface area (Å²) in [7, 11) is 0. The summed E-state index contributed by atoms with van der Waals surface area (Å²) in [5.74, 6) is 1.19. The molecule has 0 aliphatic rings. The van der Waals surface area contributed by atoms with E-state index in [4.69, 9.17) is 4.52 Å². The predicted molar refractivity (Wildman–Crippen MR) is 99.2 cm³/mol. The second-order valence-electron chi connectivity index (χ2n) is 6.21. The summed E-state index contributed by atoms with van der Waals surface area (Å²) >= 11 is 0. The lowest BCUT2D eigenvalue weighted by Gasteiger charge is -2.07. The van der Waals surface area contributed by atoms with Crippen molar-refractivity contribution < 1.29 is 9.32 Å². The Bertz CT molecular complexity index is 1050. The van der Waals surface area contributed by atoms with Crippen molar-refractivity contribution in [1.82, 2.24) is 35.7 Å². The van der Waals surface area contributed by atoms with Crippen molar-refractivity contribution in [3.8, 4) is 17.1 Å². The van der Waals surface area contributed by atoms with Crippen LogP contribution >= 0.6 is 0 Å². The monoisotopic (exact) mass is 375 g/mol. The highest BCUT2D eigenvalue weighted by Gasteiger charge is 2.07. The largest absolute Gasteiger partial charge is 0.352 e. The van der Waals surface area contributed by atoms with Gasteiger partial charge >= 0.3 is 0 Å². The van der Waals surface area contributed by atoms with Crippen LogP contribution in [0.5, 0.6) is 0 Å². The zero-order valence-corrected chi connectivity index (χ0v) is 15.1. The van der Waals surface area contributed by atoms with Crippen LogP contribution in [-0.4, -0.2) is 36.3 Å². The molecule has 4 rings (SSSR count). The third-order valence-corrected chi connectivity index (χ3v) is 4.23. The van der Waals surface area contributed by atoms with E-state index >= 15 is 0 Å². The average Bonchev–Trinajstić information content (AvgIpc) is 3.39. The molecule has 0 unspecified atom stereocenters. The molecule has 2 heterocycles. The van der Waals surface area contributed by atoms with E-state index in [-0.39, 0.29) is 5.91 Å². The van der Waals surface area contributed by atoms with Gasteiger partial charge in [-0.15, -0.1) is 5.10 Å². The van der Waals surface area contributed by atoms with Crippen molar-refractivity contribution >= 4 is 5.91 Å². The number of carbonyl (C=O) groups is 1. The van der Waals surface area contributed by atoms with Gasteiger partial charge in [0.15, 0.2) is 5.82 Å². The Morgan fingerprint density at radius 2 is 1.82 bits per heavy atom. The van der Waals surface area contributed by atoms with Crippen LogP contribution < -0.4 is 5.32 Å². The Kier molecular flexibility index (Phi) is 4.87. The second kappa shape index (κ2) is 7.78. The maximum absolute atomic E-state index is 12.2. The van der Waals surface area contributed by atoms with Crippen molar-refractivity contribution in [1.29, 1.82) is 0 Å². The highest BCUT2D eigenvalue weighted by atomic mass is 16.5. The fourth-order valence-electron chi connectivity index (χ4n) is 2.74. The van der Waals surface area contributed by atoms with E-state index in [9.17, 15) is 4.79 Å². The number of aryl methyl sites for hydroxylation is 1. The molecule has 140 valence electrons. The van der Waals surface area contributed by atoms with E-state index < -0.39 is 0 Å². The zero-order chi connectivity index (χ0) is 19.3. The first-order valence-electron chi connectivity index (χ1n) is 8.66. The lowest BCUT2D eigenvalue weighted by Crippen LogP contribution is -2.24. The van der Waals surface area contributed by atoms with Gasteiger partial charge in [-0.05, 0) is 40.6 Å². The smallest absolute Gasteiger partial charge is 0.224 e. The van der Waals surface area contributed by atoms with E-state index in [1.165, 1.54) is 6.39 Å². The number of benzene rings is 2. The molecule has 0 fully saturated rings. The highest BCUT2D eigenvalue weighted by Crippen LogP contribution is 2.15. The van der Waals surface area contributed by atoms with Crippen molar-refractivity contribution in [2.24, 2.45) is 0 Å². The summed E-state index contributed by atoms with van der Waals surface area (Å²) in [6.07, 6.45) is 1.59. The molecule has 4 aromatic rings. The van der Waals surface area contributed by atoms with E-state index in [1.54, 1.807) is 4.68 Å². The lowest BCUT2D eigenvalue weighted by molar-refractivity contribution is -0.120. The molecule has 9 heteroatoms. The van der Waals surface area contributed by atoms with Gasteiger partial charge in [0.05, 0.1) is 12.1 Å². The van der Waals surface area contributed by atoms with Crippen molar-refractivity contribution in [2.45, 2.75) is 19.9 Å². The number of nitrogens with zero attached hydrogens (tertiary/aromatic N) is 6. The molecule has 1 N–H and O–H groups in total. The number of rotatable bonds is 6. The van der Waals surface area contributed by atoms with E-state index in [0.29, 0.717) is 24.6 Å². The zero-order valence-electron chi connectivity index (χ0n) is 15.1. The quantitative estimate of drug-likeness (QED) is 0.547. The summed E-state index contributed by atoms with van der Waals surface area (Å²) in [5, 5.41) is 18.1. The van der Waals surface area contributed by atoms with Gasteiger partial charge in [0.2, 0.25) is 18.1 Å². The molecule has 0 spiro atoms. The molecule has 0 bridgehead atoms. The number of hydrogen-bond donors (Lipinski definition) is 1. The van der Waals surface area contributed by atoms with Crippen molar-refractivity contribution in [3.63, 3.8) is 0 Å². The van der Waals surface area contributed by atoms with Gasteiger partial charge in [0.25, 0.3) is 0 Å². The highest BCUT2D eigenvalue weighted by molar-refractivity contribution is 5.78. The third kappa shape index (κ3) is 3.93. The third-order valence-electron chi connectivity index (χ3n) is 4.23. The first-order valence-corrected chi connectivity index (χ1v) is 8.66. The van der Waals surface area contributed by atoms with Crippen LogP contribution in [0.4, 0.5) is 0 Å². The summed E-state index contributed by atoms with van der Waals surface area (Å²) < 4.78 is 6.38. The molecule has 2 aromatic heterocycles. The molecule has 0 saturated carbocycles. The number of carbonyl (C=O) groups excluding carboxylic acids is 1. The van der Waals surface area contributed by atoms with Gasteiger partial charge in [0, 0.05) is 12.1 Å². The number of tetrazole rings is 1. The summed E-state index contributed by atoms with van der Waals surface area (Å²) in [4.78, 5) is 16.2. The molecular weight excluding hydrogens is 358 g/mol. The van der Waals surface area contributed by atoms with Gasteiger partial charge in [-0.3, -0.25) is 4.79 Å². The number of aromatic nitrogens is 6. The summed E-state index contributed by atoms with van der Waals surface area (Å²) in [5.41, 5.74) is 3.62. The maximum atomic E-state index is 12.2. The Balaban J connectivity index is 1.31. The van der Waals surface area contributed by atoms with Crippen molar-refractivity contribution in [3.05, 3.63) is 71.9 Å². The fraction of sp³-hybridized carbons (Fsp3) is 0.158. The standard InChI is InChI=1S/C19H17N7O2/c1-13-22-24-25-26(13)17-8-4-14(5-9-17)10-18(27)20-11-15-2-6-16(7-3-15)19-21-12-28-23-19/h2-9,12H,10-11H2,1H3,(H,20,27). The van der Waals surface area contributed by atoms with Crippen LogP contribution in [0.2, 0.25) is 0 Å². The SMILES string of the molecule is Cc1nnnn1-c1ccc(CC(=O)NCc2ccc(-c3ncon3)cc2)cc1. The Morgan fingerprint density at radius 3 is 2.46 bits per heavy atom. The normalized spacial score (nSPS) is 10.8.